The van der Waals surface area contributed by atoms with Crippen LogP contribution in [0.4, 0.5) is 0 Å². The Kier molecular flexibility index (Phi) is 3.13. The van der Waals surface area contributed by atoms with E-state index in [1.807, 2.05) is 4.90 Å². The van der Waals surface area contributed by atoms with E-state index in [4.69, 9.17) is 0 Å². The first-order chi connectivity index (χ1) is 11.7. The summed E-state index contributed by atoms with van der Waals surface area (Å²) in [7, 11) is 0. The maximum Gasteiger partial charge on any atom is 0.293 e. The molecule has 0 saturated carbocycles. The van der Waals surface area contributed by atoms with E-state index in [9.17, 15) is 4.79 Å². The van der Waals surface area contributed by atoms with Crippen molar-refractivity contribution in [3.63, 3.8) is 0 Å². The molecule has 0 spiro atoms. The standard InChI is InChI=1S/C17H19N5OS/c1-10-5-2-3-8-21(10)17(23)14-19-15-13-11-6-4-7-12(11)24-16(13)18-9-22(15)20-14/h9-10H,2-8H2,1H3/t10-/m1/s1. The van der Waals surface area contributed by atoms with E-state index in [0.717, 1.165) is 48.1 Å². The van der Waals surface area contributed by atoms with Gasteiger partial charge >= 0.3 is 0 Å². The van der Waals surface area contributed by atoms with Gasteiger partial charge in [-0.05, 0) is 51.0 Å². The molecule has 1 fully saturated rings. The Labute approximate surface area is 143 Å². The summed E-state index contributed by atoms with van der Waals surface area (Å²) >= 11 is 1.76. The number of aryl methyl sites for hydroxylation is 2. The molecule has 1 aliphatic heterocycles. The van der Waals surface area contributed by atoms with E-state index in [1.54, 1.807) is 22.2 Å². The second kappa shape index (κ2) is 5.24. The third-order valence-corrected chi connectivity index (χ3v) is 6.50. The van der Waals surface area contributed by atoms with Gasteiger partial charge in [-0.15, -0.1) is 16.4 Å². The number of hydrogen-bond acceptors (Lipinski definition) is 5. The molecule has 0 bridgehead atoms. The number of thiophene rings is 1. The SMILES string of the molecule is C[C@@H]1CCCCN1C(=O)c1nc2c3c4c(sc3ncn2n1)CCC4. The van der Waals surface area contributed by atoms with Crippen molar-refractivity contribution in [1.82, 2.24) is 24.5 Å². The Morgan fingerprint density at radius 2 is 2.21 bits per heavy atom. The second-order valence-corrected chi connectivity index (χ2v) is 7.91. The second-order valence-electron chi connectivity index (χ2n) is 6.83. The van der Waals surface area contributed by atoms with Crippen LogP contribution in [0.5, 0.6) is 0 Å². The van der Waals surface area contributed by atoms with Gasteiger partial charge in [-0.2, -0.15) is 0 Å². The summed E-state index contributed by atoms with van der Waals surface area (Å²) < 4.78 is 1.68. The Balaban J connectivity index is 1.63. The molecule has 124 valence electrons. The molecule has 2 aliphatic rings. The minimum absolute atomic E-state index is 0.0501. The van der Waals surface area contributed by atoms with E-state index >= 15 is 0 Å². The normalized spacial score (nSPS) is 20.9. The van der Waals surface area contributed by atoms with Crippen molar-refractivity contribution in [3.05, 3.63) is 22.6 Å². The number of aromatic nitrogens is 4. The smallest absolute Gasteiger partial charge is 0.293 e. The molecule has 5 rings (SSSR count). The molecule has 0 aromatic carbocycles. The van der Waals surface area contributed by atoms with Gasteiger partial charge in [0.25, 0.3) is 5.91 Å². The molecule has 1 aliphatic carbocycles. The van der Waals surface area contributed by atoms with Crippen molar-refractivity contribution in [3.8, 4) is 0 Å². The number of fused-ring (bicyclic) bond motifs is 5. The lowest BCUT2D eigenvalue weighted by Crippen LogP contribution is -2.42. The summed E-state index contributed by atoms with van der Waals surface area (Å²) in [5, 5.41) is 5.54. The average Bonchev–Trinajstić information content (AvgIpc) is 3.27. The van der Waals surface area contributed by atoms with Crippen LogP contribution in [0, 0.1) is 0 Å². The molecule has 0 N–H and O–H groups in total. The number of piperidine rings is 1. The fourth-order valence-electron chi connectivity index (χ4n) is 4.01. The highest BCUT2D eigenvalue weighted by atomic mass is 32.1. The predicted molar refractivity (Wildman–Crippen MR) is 92.5 cm³/mol. The van der Waals surface area contributed by atoms with Gasteiger partial charge in [0.2, 0.25) is 5.82 Å². The number of carbonyl (C=O) groups is 1. The molecule has 0 radical (unpaired) electrons. The molecule has 3 aromatic rings. The van der Waals surface area contributed by atoms with Gasteiger partial charge in [0.05, 0.1) is 5.39 Å². The van der Waals surface area contributed by atoms with E-state index in [-0.39, 0.29) is 11.9 Å². The lowest BCUT2D eigenvalue weighted by atomic mass is 10.0. The Bertz CT molecular complexity index is 959. The first-order valence-corrected chi connectivity index (χ1v) is 9.50. The highest BCUT2D eigenvalue weighted by molar-refractivity contribution is 7.19. The zero-order valence-corrected chi connectivity index (χ0v) is 14.5. The molecular formula is C17H19N5OS. The van der Waals surface area contributed by atoms with Gasteiger partial charge in [-0.3, -0.25) is 4.79 Å². The Morgan fingerprint density at radius 3 is 3.08 bits per heavy atom. The summed E-state index contributed by atoms with van der Waals surface area (Å²) in [6.07, 6.45) is 8.41. The third kappa shape index (κ3) is 2.00. The lowest BCUT2D eigenvalue weighted by molar-refractivity contribution is 0.0623. The van der Waals surface area contributed by atoms with Crippen LogP contribution in [0.15, 0.2) is 6.33 Å². The molecule has 1 saturated heterocycles. The largest absolute Gasteiger partial charge is 0.333 e. The maximum atomic E-state index is 12.9. The summed E-state index contributed by atoms with van der Waals surface area (Å²) in [6, 6.07) is 0.265. The van der Waals surface area contributed by atoms with Crippen LogP contribution in [-0.2, 0) is 12.8 Å². The fourth-order valence-corrected chi connectivity index (χ4v) is 5.24. The van der Waals surface area contributed by atoms with Crippen LogP contribution in [0.25, 0.3) is 15.9 Å². The van der Waals surface area contributed by atoms with Gasteiger partial charge in [0.15, 0.2) is 5.65 Å². The maximum absolute atomic E-state index is 12.9. The monoisotopic (exact) mass is 341 g/mol. The zero-order chi connectivity index (χ0) is 16.3. The van der Waals surface area contributed by atoms with Crippen molar-refractivity contribution in [1.29, 1.82) is 0 Å². The quantitative estimate of drug-likeness (QED) is 0.683. The van der Waals surface area contributed by atoms with Crippen molar-refractivity contribution in [2.45, 2.75) is 51.5 Å². The first-order valence-electron chi connectivity index (χ1n) is 8.69. The Morgan fingerprint density at radius 1 is 1.29 bits per heavy atom. The molecule has 6 nitrogen and oxygen atoms in total. The van der Waals surface area contributed by atoms with E-state index in [2.05, 4.69) is 22.0 Å². The molecule has 7 heteroatoms. The van der Waals surface area contributed by atoms with Gasteiger partial charge in [0.1, 0.15) is 11.2 Å². The highest BCUT2D eigenvalue weighted by Gasteiger charge is 2.28. The number of hydrogen-bond donors (Lipinski definition) is 0. The summed E-state index contributed by atoms with van der Waals surface area (Å²) in [4.78, 5) is 26.4. The van der Waals surface area contributed by atoms with Crippen molar-refractivity contribution >= 4 is 33.1 Å². The van der Waals surface area contributed by atoms with Gasteiger partial charge in [-0.25, -0.2) is 14.5 Å². The van der Waals surface area contributed by atoms with Crippen LogP contribution in [-0.4, -0.2) is 43.0 Å². The number of likely N-dealkylation sites (tertiary alicyclic amines) is 1. The van der Waals surface area contributed by atoms with Crippen molar-refractivity contribution in [2.75, 3.05) is 6.54 Å². The molecular weight excluding hydrogens is 322 g/mol. The average molecular weight is 341 g/mol. The number of carbonyl (C=O) groups excluding carboxylic acids is 1. The topological polar surface area (TPSA) is 63.4 Å². The molecule has 1 amide bonds. The lowest BCUT2D eigenvalue weighted by Gasteiger charge is -2.32. The number of rotatable bonds is 1. The van der Waals surface area contributed by atoms with Gasteiger partial charge in [-0.1, -0.05) is 0 Å². The number of amides is 1. The Hall–Kier alpha value is -2.02. The molecule has 1 atom stereocenters. The minimum atomic E-state index is -0.0501. The molecule has 0 unspecified atom stereocenters. The summed E-state index contributed by atoms with van der Waals surface area (Å²) in [6.45, 7) is 2.91. The van der Waals surface area contributed by atoms with Gasteiger partial charge in [0, 0.05) is 17.5 Å². The zero-order valence-electron chi connectivity index (χ0n) is 13.7. The molecule has 3 aromatic heterocycles. The predicted octanol–water partition coefficient (Wildman–Crippen LogP) is 2.84. The summed E-state index contributed by atoms with van der Waals surface area (Å²) in [5.41, 5.74) is 2.15. The minimum Gasteiger partial charge on any atom is -0.333 e. The van der Waals surface area contributed by atoms with E-state index in [0.29, 0.717) is 5.82 Å². The van der Waals surface area contributed by atoms with Crippen molar-refractivity contribution < 1.29 is 4.79 Å². The molecule has 24 heavy (non-hydrogen) atoms. The van der Waals surface area contributed by atoms with Crippen molar-refractivity contribution in [2.24, 2.45) is 0 Å². The van der Waals surface area contributed by atoms with E-state index in [1.165, 1.54) is 23.3 Å². The van der Waals surface area contributed by atoms with Crippen LogP contribution in [0.1, 0.15) is 53.7 Å². The van der Waals surface area contributed by atoms with Crippen LogP contribution in [0.3, 0.4) is 0 Å². The number of nitrogens with zero attached hydrogens (tertiary/aromatic N) is 5. The van der Waals surface area contributed by atoms with Crippen LogP contribution < -0.4 is 0 Å². The van der Waals surface area contributed by atoms with Gasteiger partial charge < -0.3 is 4.90 Å². The van der Waals surface area contributed by atoms with Crippen LogP contribution >= 0.6 is 11.3 Å². The van der Waals surface area contributed by atoms with Crippen LogP contribution in [0.2, 0.25) is 0 Å². The third-order valence-electron chi connectivity index (χ3n) is 5.30. The summed E-state index contributed by atoms with van der Waals surface area (Å²) in [5.74, 6) is 0.252. The molecule has 4 heterocycles. The first kappa shape index (κ1) is 14.3. The highest BCUT2D eigenvalue weighted by Crippen LogP contribution is 2.37. The fraction of sp³-hybridized carbons (Fsp3) is 0.529. The van der Waals surface area contributed by atoms with E-state index < -0.39 is 0 Å².